The molecule has 2 aliphatic rings. The van der Waals surface area contributed by atoms with E-state index >= 15 is 0 Å². The largest absolute Gasteiger partial charge is 0.313 e. The minimum absolute atomic E-state index is 0.136. The standard InChI is InChI=1S/C16H22FN/c1-16(13-4-5-13,11-18-15-8-9-15)10-12-2-6-14(17)7-3-12/h2-3,6-7,13,15,18H,4-5,8-11H2,1H3. The van der Waals surface area contributed by atoms with E-state index in [-0.39, 0.29) is 5.82 Å². The van der Waals surface area contributed by atoms with Crippen LogP contribution in [0.15, 0.2) is 24.3 Å². The van der Waals surface area contributed by atoms with Gasteiger partial charge in [-0.3, -0.25) is 0 Å². The molecule has 0 heterocycles. The van der Waals surface area contributed by atoms with Crippen LogP contribution in [0.25, 0.3) is 0 Å². The number of benzene rings is 1. The first-order valence-electron chi connectivity index (χ1n) is 7.13. The molecule has 3 rings (SSSR count). The summed E-state index contributed by atoms with van der Waals surface area (Å²) >= 11 is 0. The predicted molar refractivity (Wildman–Crippen MR) is 72.0 cm³/mol. The van der Waals surface area contributed by atoms with Gasteiger partial charge in [0, 0.05) is 12.6 Å². The molecule has 98 valence electrons. The average Bonchev–Trinajstić information content (AvgIpc) is 3.21. The highest BCUT2D eigenvalue weighted by Gasteiger charge is 2.41. The van der Waals surface area contributed by atoms with Gasteiger partial charge in [-0.2, -0.15) is 0 Å². The summed E-state index contributed by atoms with van der Waals surface area (Å²) in [7, 11) is 0. The summed E-state index contributed by atoms with van der Waals surface area (Å²) in [6.07, 6.45) is 6.49. The third-order valence-electron chi connectivity index (χ3n) is 4.46. The molecular formula is C16H22FN. The molecule has 1 atom stereocenters. The Morgan fingerprint density at radius 2 is 1.83 bits per heavy atom. The molecule has 1 aromatic carbocycles. The van der Waals surface area contributed by atoms with Crippen molar-refractivity contribution in [3.05, 3.63) is 35.6 Å². The van der Waals surface area contributed by atoms with Crippen molar-refractivity contribution in [3.8, 4) is 0 Å². The molecule has 18 heavy (non-hydrogen) atoms. The van der Waals surface area contributed by atoms with E-state index in [0.29, 0.717) is 5.41 Å². The highest BCUT2D eigenvalue weighted by Crippen LogP contribution is 2.47. The topological polar surface area (TPSA) is 12.0 Å². The molecule has 0 aliphatic heterocycles. The Kier molecular flexibility index (Phi) is 3.14. The van der Waals surface area contributed by atoms with Gasteiger partial charge in [0.05, 0.1) is 0 Å². The minimum Gasteiger partial charge on any atom is -0.313 e. The maximum absolute atomic E-state index is 12.9. The fourth-order valence-corrected chi connectivity index (χ4v) is 2.86. The lowest BCUT2D eigenvalue weighted by atomic mass is 9.79. The SMILES string of the molecule is CC(CNC1CC1)(Cc1ccc(F)cc1)C1CC1. The van der Waals surface area contributed by atoms with E-state index in [1.165, 1.54) is 31.2 Å². The lowest BCUT2D eigenvalue weighted by molar-refractivity contribution is 0.254. The van der Waals surface area contributed by atoms with Crippen molar-refractivity contribution in [1.82, 2.24) is 5.32 Å². The molecule has 1 nitrogen and oxygen atoms in total. The second-order valence-corrected chi connectivity index (χ2v) is 6.39. The number of hydrogen-bond acceptors (Lipinski definition) is 1. The highest BCUT2D eigenvalue weighted by atomic mass is 19.1. The van der Waals surface area contributed by atoms with Crippen molar-refractivity contribution in [2.24, 2.45) is 11.3 Å². The van der Waals surface area contributed by atoms with E-state index in [0.717, 1.165) is 24.9 Å². The molecule has 0 bridgehead atoms. The van der Waals surface area contributed by atoms with Gasteiger partial charge in [-0.15, -0.1) is 0 Å². The molecule has 1 aromatic rings. The summed E-state index contributed by atoms with van der Waals surface area (Å²) in [5, 5.41) is 3.68. The zero-order valence-electron chi connectivity index (χ0n) is 11.1. The number of hydrogen-bond donors (Lipinski definition) is 1. The van der Waals surface area contributed by atoms with E-state index in [2.05, 4.69) is 12.2 Å². The van der Waals surface area contributed by atoms with Gasteiger partial charge in [0.2, 0.25) is 0 Å². The minimum atomic E-state index is -0.136. The Hall–Kier alpha value is -0.890. The normalized spacial score (nSPS) is 22.8. The molecule has 2 heteroatoms. The molecule has 0 aromatic heterocycles. The van der Waals surface area contributed by atoms with Crippen LogP contribution in [0.2, 0.25) is 0 Å². The van der Waals surface area contributed by atoms with Crippen LogP contribution in [0.1, 0.15) is 38.2 Å². The predicted octanol–water partition coefficient (Wildman–Crippen LogP) is 3.54. The number of rotatable bonds is 6. The molecule has 0 spiro atoms. The molecule has 0 saturated heterocycles. The molecule has 2 aliphatic carbocycles. The van der Waals surface area contributed by atoms with Gasteiger partial charge >= 0.3 is 0 Å². The fourth-order valence-electron chi connectivity index (χ4n) is 2.86. The third kappa shape index (κ3) is 2.92. The van der Waals surface area contributed by atoms with Gasteiger partial charge in [-0.05, 0) is 61.1 Å². The highest BCUT2D eigenvalue weighted by molar-refractivity contribution is 5.18. The Labute approximate surface area is 109 Å². The summed E-state index contributed by atoms with van der Waals surface area (Å²) in [5.74, 6) is 0.719. The molecule has 1 N–H and O–H groups in total. The van der Waals surface area contributed by atoms with Crippen LogP contribution < -0.4 is 5.32 Å². The Bertz CT molecular complexity index is 406. The molecular weight excluding hydrogens is 225 g/mol. The van der Waals surface area contributed by atoms with Crippen LogP contribution in [0, 0.1) is 17.2 Å². The first kappa shape index (κ1) is 12.2. The summed E-state index contributed by atoms with van der Waals surface area (Å²) in [5.41, 5.74) is 1.61. The van der Waals surface area contributed by atoms with E-state index < -0.39 is 0 Å². The van der Waals surface area contributed by atoms with Gasteiger partial charge in [0.25, 0.3) is 0 Å². The monoisotopic (exact) mass is 247 g/mol. The molecule has 2 saturated carbocycles. The summed E-state index contributed by atoms with van der Waals surface area (Å²) in [6, 6.07) is 7.81. The first-order valence-corrected chi connectivity index (χ1v) is 7.13. The summed E-state index contributed by atoms with van der Waals surface area (Å²) in [4.78, 5) is 0. The lowest BCUT2D eigenvalue weighted by Gasteiger charge is -2.30. The van der Waals surface area contributed by atoms with E-state index in [1.54, 1.807) is 12.1 Å². The molecule has 0 amide bonds. The van der Waals surface area contributed by atoms with Crippen LogP contribution >= 0.6 is 0 Å². The average molecular weight is 247 g/mol. The second kappa shape index (κ2) is 4.65. The maximum atomic E-state index is 12.9. The van der Waals surface area contributed by atoms with Crippen molar-refractivity contribution in [2.45, 2.75) is 45.1 Å². The Morgan fingerprint density at radius 1 is 1.17 bits per heavy atom. The quantitative estimate of drug-likeness (QED) is 0.811. The Balaban J connectivity index is 1.66. The van der Waals surface area contributed by atoms with Crippen molar-refractivity contribution >= 4 is 0 Å². The zero-order chi connectivity index (χ0) is 12.6. The molecule has 0 radical (unpaired) electrons. The van der Waals surface area contributed by atoms with Crippen LogP contribution in [0.4, 0.5) is 4.39 Å². The fraction of sp³-hybridized carbons (Fsp3) is 0.625. The van der Waals surface area contributed by atoms with Crippen LogP contribution in [-0.2, 0) is 6.42 Å². The molecule has 1 unspecified atom stereocenters. The van der Waals surface area contributed by atoms with Gasteiger partial charge in [0.1, 0.15) is 5.82 Å². The van der Waals surface area contributed by atoms with E-state index in [9.17, 15) is 4.39 Å². The summed E-state index contributed by atoms with van der Waals surface area (Å²) < 4.78 is 12.9. The van der Waals surface area contributed by atoms with Crippen molar-refractivity contribution in [3.63, 3.8) is 0 Å². The van der Waals surface area contributed by atoms with Crippen LogP contribution in [0.3, 0.4) is 0 Å². The van der Waals surface area contributed by atoms with Gasteiger partial charge in [-0.1, -0.05) is 19.1 Å². The van der Waals surface area contributed by atoms with E-state index in [1.807, 2.05) is 12.1 Å². The maximum Gasteiger partial charge on any atom is 0.123 e. The zero-order valence-corrected chi connectivity index (χ0v) is 11.1. The smallest absolute Gasteiger partial charge is 0.123 e. The van der Waals surface area contributed by atoms with Gasteiger partial charge in [0.15, 0.2) is 0 Å². The van der Waals surface area contributed by atoms with Gasteiger partial charge < -0.3 is 5.32 Å². The summed E-state index contributed by atoms with van der Waals surface area (Å²) in [6.45, 7) is 3.50. The van der Waals surface area contributed by atoms with Gasteiger partial charge in [-0.25, -0.2) is 4.39 Å². The Morgan fingerprint density at radius 3 is 2.39 bits per heavy atom. The van der Waals surface area contributed by atoms with Crippen LogP contribution in [0.5, 0.6) is 0 Å². The van der Waals surface area contributed by atoms with Crippen LogP contribution in [-0.4, -0.2) is 12.6 Å². The first-order chi connectivity index (χ1) is 8.66. The lowest BCUT2D eigenvalue weighted by Crippen LogP contribution is -2.36. The number of nitrogens with one attached hydrogen (secondary N) is 1. The van der Waals surface area contributed by atoms with Crippen molar-refractivity contribution in [2.75, 3.05) is 6.54 Å². The molecule has 2 fully saturated rings. The van der Waals surface area contributed by atoms with Crippen molar-refractivity contribution < 1.29 is 4.39 Å². The second-order valence-electron chi connectivity index (χ2n) is 6.39. The number of halogens is 1. The van der Waals surface area contributed by atoms with E-state index in [4.69, 9.17) is 0 Å². The van der Waals surface area contributed by atoms with Crippen molar-refractivity contribution in [1.29, 1.82) is 0 Å². The third-order valence-corrected chi connectivity index (χ3v) is 4.46.